The van der Waals surface area contributed by atoms with Crippen molar-refractivity contribution in [1.29, 1.82) is 0 Å². The van der Waals surface area contributed by atoms with Gasteiger partial charge in [-0.2, -0.15) is 0 Å². The molecule has 0 amide bonds. The monoisotopic (exact) mass is 236 g/mol. The van der Waals surface area contributed by atoms with Crippen molar-refractivity contribution in [2.75, 3.05) is 14.1 Å². The molecule has 0 fully saturated rings. The average molecular weight is 236 g/mol. The number of hydrogen-bond acceptors (Lipinski definition) is 4. The van der Waals surface area contributed by atoms with Gasteiger partial charge in [0.1, 0.15) is 19.9 Å². The fourth-order valence-corrected chi connectivity index (χ4v) is 2.42. The number of aliphatic hydroxyl groups is 1. The summed E-state index contributed by atoms with van der Waals surface area (Å²) in [6.07, 6.45) is 4.54. The molecule has 0 spiro atoms. The van der Waals surface area contributed by atoms with Crippen LogP contribution in [0.15, 0.2) is 34.5 Å². The summed E-state index contributed by atoms with van der Waals surface area (Å²) in [6.45, 7) is 0. The van der Waals surface area contributed by atoms with E-state index in [9.17, 15) is 14.7 Å². The van der Waals surface area contributed by atoms with Crippen molar-refractivity contribution in [3.63, 3.8) is 0 Å². The number of nitrogens with zero attached hydrogens (tertiary/aromatic N) is 1. The molecule has 0 saturated heterocycles. The fraction of sp³-hybridized carbons (Fsp3) is 0.182. The van der Waals surface area contributed by atoms with Crippen molar-refractivity contribution in [1.82, 2.24) is 0 Å². The Balaban J connectivity index is 2.45. The lowest BCUT2D eigenvalue weighted by Gasteiger charge is -1.99. The summed E-state index contributed by atoms with van der Waals surface area (Å²) in [6, 6.07) is 0. The standard InChI is InChI=1S/C11H9NO3S/c1-12(2)9-4-3-8(16-9)10-6(13)5-7(14)11(10)15/h3-5H,1-2H3/p+1. The van der Waals surface area contributed by atoms with Gasteiger partial charge in [0.15, 0.2) is 0 Å². The van der Waals surface area contributed by atoms with E-state index in [2.05, 4.69) is 0 Å². The summed E-state index contributed by atoms with van der Waals surface area (Å²) in [5.74, 6) is -1.53. The Hall–Kier alpha value is -1.62. The van der Waals surface area contributed by atoms with Crippen LogP contribution < -0.4 is 0 Å². The molecule has 16 heavy (non-hydrogen) atoms. The lowest BCUT2D eigenvalue weighted by Crippen LogP contribution is -2.08. The molecular formula is C11H10NO3S+. The maximum absolute atomic E-state index is 11.5. The zero-order valence-corrected chi connectivity index (χ0v) is 9.67. The molecule has 0 atom stereocenters. The number of aliphatic hydroxyl groups excluding tert-OH is 1. The molecule has 4 nitrogen and oxygen atoms in total. The minimum absolute atomic E-state index is 0.114. The van der Waals surface area contributed by atoms with Crippen LogP contribution in [0.1, 0.15) is 0 Å². The topological polar surface area (TPSA) is 57.4 Å². The Morgan fingerprint density at radius 3 is 2.38 bits per heavy atom. The maximum atomic E-state index is 11.5. The third-order valence-electron chi connectivity index (χ3n) is 2.25. The Morgan fingerprint density at radius 1 is 1.25 bits per heavy atom. The van der Waals surface area contributed by atoms with Crippen molar-refractivity contribution < 1.29 is 19.3 Å². The third-order valence-corrected chi connectivity index (χ3v) is 3.52. The van der Waals surface area contributed by atoms with E-state index in [1.54, 1.807) is 6.08 Å². The first-order valence-corrected chi connectivity index (χ1v) is 5.46. The first kappa shape index (κ1) is 10.9. The molecule has 0 saturated carbocycles. The molecule has 0 bridgehead atoms. The second-order valence-corrected chi connectivity index (χ2v) is 4.69. The van der Waals surface area contributed by atoms with E-state index in [4.69, 9.17) is 0 Å². The first-order valence-electron chi connectivity index (χ1n) is 4.65. The largest absolute Gasteiger partial charge is 0.507 e. The average Bonchev–Trinajstić information content (AvgIpc) is 2.74. The molecule has 1 heterocycles. The Kier molecular flexibility index (Phi) is 2.55. The van der Waals surface area contributed by atoms with Gasteiger partial charge in [-0.15, -0.1) is 0 Å². The second-order valence-electron chi connectivity index (χ2n) is 3.63. The number of Topliss-reactive ketones (excluding diaryl/α,β-unsaturated/α-hetero) is 1. The predicted molar refractivity (Wildman–Crippen MR) is 61.6 cm³/mol. The van der Waals surface area contributed by atoms with Gasteiger partial charge in [-0.1, -0.05) is 0 Å². The normalized spacial score (nSPS) is 24.4. The van der Waals surface area contributed by atoms with Gasteiger partial charge < -0.3 is 5.11 Å². The number of carbonyl (C=O) groups excluding carboxylic acids is 2. The van der Waals surface area contributed by atoms with E-state index in [0.29, 0.717) is 4.91 Å². The highest BCUT2D eigenvalue weighted by molar-refractivity contribution is 8.18. The van der Waals surface area contributed by atoms with Gasteiger partial charge >= 0.3 is 0 Å². The lowest BCUT2D eigenvalue weighted by molar-refractivity contribution is -0.460. The van der Waals surface area contributed by atoms with Gasteiger partial charge in [0.2, 0.25) is 16.6 Å². The first-order chi connectivity index (χ1) is 7.50. The number of ketones is 2. The van der Waals surface area contributed by atoms with Crippen molar-refractivity contribution >= 4 is 28.4 Å². The highest BCUT2D eigenvalue weighted by Crippen LogP contribution is 2.34. The van der Waals surface area contributed by atoms with E-state index < -0.39 is 11.6 Å². The molecule has 0 unspecified atom stereocenters. The second kappa shape index (κ2) is 3.75. The Labute approximate surface area is 96.7 Å². The molecule has 0 aromatic rings. The van der Waals surface area contributed by atoms with Crippen LogP contribution in [0.5, 0.6) is 0 Å². The maximum Gasteiger partial charge on any atom is 0.239 e. The zero-order chi connectivity index (χ0) is 11.9. The van der Waals surface area contributed by atoms with Crippen molar-refractivity contribution in [2.45, 2.75) is 0 Å². The van der Waals surface area contributed by atoms with Crippen LogP contribution in [-0.2, 0) is 9.59 Å². The van der Waals surface area contributed by atoms with Gasteiger partial charge in [0.05, 0.1) is 5.57 Å². The van der Waals surface area contributed by atoms with Gasteiger partial charge in [0, 0.05) is 17.1 Å². The fourth-order valence-electron chi connectivity index (χ4n) is 1.44. The molecule has 0 aromatic carbocycles. The summed E-state index contributed by atoms with van der Waals surface area (Å²) in [4.78, 5) is 23.2. The highest BCUT2D eigenvalue weighted by Gasteiger charge is 2.33. The molecule has 1 aliphatic carbocycles. The number of hydrogen-bond donors (Lipinski definition) is 1. The van der Waals surface area contributed by atoms with E-state index in [-0.39, 0.29) is 11.3 Å². The molecule has 82 valence electrons. The number of allylic oxidation sites excluding steroid dienone is 3. The summed E-state index contributed by atoms with van der Waals surface area (Å²) >= 11 is 1.36. The van der Waals surface area contributed by atoms with E-state index in [0.717, 1.165) is 11.1 Å². The van der Waals surface area contributed by atoms with Gasteiger partial charge in [0.25, 0.3) is 0 Å². The molecule has 1 aliphatic heterocycles. The van der Waals surface area contributed by atoms with Crippen LogP contribution in [0, 0.1) is 0 Å². The van der Waals surface area contributed by atoms with Crippen molar-refractivity contribution in [2.24, 2.45) is 0 Å². The van der Waals surface area contributed by atoms with Crippen LogP contribution in [0.25, 0.3) is 0 Å². The smallest absolute Gasteiger partial charge is 0.239 e. The Morgan fingerprint density at radius 2 is 1.94 bits per heavy atom. The van der Waals surface area contributed by atoms with Crippen LogP contribution in [0.4, 0.5) is 0 Å². The molecule has 0 radical (unpaired) electrons. The number of rotatable bonds is 0. The van der Waals surface area contributed by atoms with Crippen LogP contribution >= 0.6 is 11.8 Å². The van der Waals surface area contributed by atoms with Gasteiger partial charge in [-0.3, -0.25) is 9.59 Å². The summed E-state index contributed by atoms with van der Waals surface area (Å²) in [5.41, 5.74) is 0.114. The predicted octanol–water partition coefficient (Wildman–Crippen LogP) is 0.808. The number of thioether (sulfide) groups is 1. The van der Waals surface area contributed by atoms with E-state index >= 15 is 0 Å². The van der Waals surface area contributed by atoms with Crippen LogP contribution in [0.2, 0.25) is 0 Å². The molecule has 0 aromatic heterocycles. The van der Waals surface area contributed by atoms with E-state index in [1.807, 2.05) is 24.7 Å². The van der Waals surface area contributed by atoms with Crippen LogP contribution in [-0.4, -0.2) is 40.4 Å². The van der Waals surface area contributed by atoms with Crippen molar-refractivity contribution in [3.05, 3.63) is 34.5 Å². The third kappa shape index (κ3) is 1.63. The molecule has 2 aliphatic rings. The van der Waals surface area contributed by atoms with E-state index in [1.165, 1.54) is 11.8 Å². The Bertz CT molecular complexity index is 519. The van der Waals surface area contributed by atoms with Gasteiger partial charge in [-0.25, -0.2) is 4.58 Å². The molecular weight excluding hydrogens is 226 g/mol. The summed E-state index contributed by atoms with van der Waals surface area (Å²) in [5, 5.41) is 10.5. The van der Waals surface area contributed by atoms with Crippen LogP contribution in [0.3, 0.4) is 0 Å². The quantitative estimate of drug-likeness (QED) is 0.384. The SMILES string of the molecule is C[N+](C)=C1C=CC(=C2C(=O)C(=O)C=C2O)S1. The number of carbonyl (C=O) groups is 2. The lowest BCUT2D eigenvalue weighted by atomic mass is 10.2. The summed E-state index contributed by atoms with van der Waals surface area (Å²) < 4.78 is 1.90. The highest BCUT2D eigenvalue weighted by atomic mass is 32.2. The minimum Gasteiger partial charge on any atom is -0.507 e. The zero-order valence-electron chi connectivity index (χ0n) is 8.85. The molecule has 2 rings (SSSR count). The molecule has 5 heteroatoms. The minimum atomic E-state index is -0.660. The molecule has 1 N–H and O–H groups in total. The summed E-state index contributed by atoms with van der Waals surface area (Å²) in [7, 11) is 3.77. The van der Waals surface area contributed by atoms with Crippen molar-refractivity contribution in [3.8, 4) is 0 Å². The van der Waals surface area contributed by atoms with Gasteiger partial charge in [-0.05, 0) is 17.8 Å².